The highest BCUT2D eigenvalue weighted by Gasteiger charge is 2.38. The molecule has 92 valence electrons. The molecule has 1 aliphatic rings. The van der Waals surface area contributed by atoms with Gasteiger partial charge in [0.15, 0.2) is 5.96 Å². The number of nitrogens with zero attached hydrogens (tertiary/aromatic N) is 1. The second-order valence-corrected chi connectivity index (χ2v) is 4.21. The topological polar surface area (TPSA) is 59.6 Å². The number of ether oxygens (including phenoxy) is 1. The molecule has 0 spiro atoms. The van der Waals surface area contributed by atoms with Crippen molar-refractivity contribution < 1.29 is 4.74 Å². The molecule has 1 saturated carbocycles. The first-order chi connectivity index (χ1) is 8.24. The van der Waals surface area contributed by atoms with Crippen LogP contribution in [0.3, 0.4) is 0 Å². The van der Waals surface area contributed by atoms with Crippen LogP contribution in [0.4, 0.5) is 0 Å². The van der Waals surface area contributed by atoms with E-state index in [1.165, 1.54) is 5.56 Å². The van der Waals surface area contributed by atoms with Crippen molar-refractivity contribution in [1.82, 2.24) is 5.32 Å². The van der Waals surface area contributed by atoms with Crippen LogP contribution in [0.5, 0.6) is 5.75 Å². The van der Waals surface area contributed by atoms with Crippen LogP contribution < -0.4 is 15.8 Å². The summed E-state index contributed by atoms with van der Waals surface area (Å²) in [5, 5.41) is 3.19. The molecule has 17 heavy (non-hydrogen) atoms. The number of nitrogens with two attached hydrogens (primary N) is 1. The standard InChI is InChI=1S/C13H19N3O/c1-3-17-10-6-4-5-9(7-10)11-8-12(11)16-13(14)15-2/h4-7,11-12H,3,8H2,1-2H3,(H3,14,15,16)/t11-,12+/m0/s1. The normalized spacial score (nSPS) is 23.3. The molecule has 4 heteroatoms. The summed E-state index contributed by atoms with van der Waals surface area (Å²) >= 11 is 0. The summed E-state index contributed by atoms with van der Waals surface area (Å²) in [6.45, 7) is 2.69. The van der Waals surface area contributed by atoms with Crippen molar-refractivity contribution in [2.75, 3.05) is 13.7 Å². The van der Waals surface area contributed by atoms with Gasteiger partial charge in [-0.2, -0.15) is 0 Å². The minimum atomic E-state index is 0.413. The summed E-state index contributed by atoms with van der Waals surface area (Å²) in [4.78, 5) is 3.90. The van der Waals surface area contributed by atoms with Crippen molar-refractivity contribution in [2.24, 2.45) is 10.7 Å². The van der Waals surface area contributed by atoms with Crippen LogP contribution in [-0.2, 0) is 0 Å². The minimum Gasteiger partial charge on any atom is -0.494 e. The van der Waals surface area contributed by atoms with Gasteiger partial charge < -0.3 is 15.8 Å². The summed E-state index contributed by atoms with van der Waals surface area (Å²) in [5.41, 5.74) is 6.95. The van der Waals surface area contributed by atoms with Gasteiger partial charge in [-0.3, -0.25) is 4.99 Å². The smallest absolute Gasteiger partial charge is 0.188 e. The Morgan fingerprint density at radius 1 is 1.59 bits per heavy atom. The van der Waals surface area contributed by atoms with Gasteiger partial charge >= 0.3 is 0 Å². The van der Waals surface area contributed by atoms with Crippen molar-refractivity contribution in [3.63, 3.8) is 0 Å². The van der Waals surface area contributed by atoms with Gasteiger partial charge in [-0.1, -0.05) is 12.1 Å². The number of hydrogen-bond acceptors (Lipinski definition) is 2. The van der Waals surface area contributed by atoms with E-state index >= 15 is 0 Å². The van der Waals surface area contributed by atoms with Gasteiger partial charge in [0.1, 0.15) is 5.75 Å². The molecule has 0 unspecified atom stereocenters. The highest BCUT2D eigenvalue weighted by molar-refractivity contribution is 5.78. The van der Waals surface area contributed by atoms with Gasteiger partial charge in [0.2, 0.25) is 0 Å². The molecule has 2 rings (SSSR count). The Bertz CT molecular complexity index is 417. The van der Waals surface area contributed by atoms with E-state index in [2.05, 4.69) is 22.4 Å². The predicted octanol–water partition coefficient (Wildman–Crippen LogP) is 1.48. The molecule has 1 aliphatic carbocycles. The summed E-state index contributed by atoms with van der Waals surface area (Å²) in [5.74, 6) is 1.97. The summed E-state index contributed by atoms with van der Waals surface area (Å²) < 4.78 is 5.49. The fourth-order valence-electron chi connectivity index (χ4n) is 1.98. The van der Waals surface area contributed by atoms with E-state index in [-0.39, 0.29) is 0 Å². The lowest BCUT2D eigenvalue weighted by Crippen LogP contribution is -2.33. The van der Waals surface area contributed by atoms with Crippen molar-refractivity contribution in [3.05, 3.63) is 29.8 Å². The maximum atomic E-state index is 5.65. The molecule has 0 amide bonds. The van der Waals surface area contributed by atoms with Crippen molar-refractivity contribution in [3.8, 4) is 5.75 Å². The summed E-state index contributed by atoms with van der Waals surface area (Å²) in [7, 11) is 1.69. The molecule has 2 atom stereocenters. The van der Waals surface area contributed by atoms with Crippen LogP contribution in [0.15, 0.2) is 29.3 Å². The Balaban J connectivity index is 1.98. The third-order valence-electron chi connectivity index (χ3n) is 2.96. The van der Waals surface area contributed by atoms with Gasteiger partial charge in [-0.25, -0.2) is 0 Å². The van der Waals surface area contributed by atoms with E-state index in [1.807, 2.05) is 19.1 Å². The lowest BCUT2D eigenvalue weighted by Gasteiger charge is -2.07. The van der Waals surface area contributed by atoms with E-state index in [1.54, 1.807) is 7.05 Å². The fourth-order valence-corrected chi connectivity index (χ4v) is 1.98. The minimum absolute atomic E-state index is 0.413. The Labute approximate surface area is 102 Å². The van der Waals surface area contributed by atoms with E-state index < -0.39 is 0 Å². The number of nitrogens with one attached hydrogen (secondary N) is 1. The molecule has 0 radical (unpaired) electrons. The Hall–Kier alpha value is -1.71. The van der Waals surface area contributed by atoms with Gasteiger partial charge in [0.05, 0.1) is 6.61 Å². The Morgan fingerprint density at radius 3 is 3.12 bits per heavy atom. The van der Waals surface area contributed by atoms with Crippen LogP contribution in [0.2, 0.25) is 0 Å². The molecule has 3 N–H and O–H groups in total. The zero-order chi connectivity index (χ0) is 12.3. The quantitative estimate of drug-likeness (QED) is 0.611. The lowest BCUT2D eigenvalue weighted by atomic mass is 10.1. The van der Waals surface area contributed by atoms with Crippen molar-refractivity contribution >= 4 is 5.96 Å². The van der Waals surface area contributed by atoms with E-state index in [0.717, 1.165) is 12.2 Å². The monoisotopic (exact) mass is 233 g/mol. The van der Waals surface area contributed by atoms with Gasteiger partial charge in [0.25, 0.3) is 0 Å². The second kappa shape index (κ2) is 5.08. The largest absolute Gasteiger partial charge is 0.494 e. The number of hydrogen-bond donors (Lipinski definition) is 2. The zero-order valence-corrected chi connectivity index (χ0v) is 10.3. The maximum absolute atomic E-state index is 5.65. The first-order valence-electron chi connectivity index (χ1n) is 5.96. The van der Waals surface area contributed by atoms with Crippen molar-refractivity contribution in [2.45, 2.75) is 25.3 Å². The molecule has 0 bridgehead atoms. The number of aliphatic imine (C=N–C) groups is 1. The Morgan fingerprint density at radius 2 is 2.41 bits per heavy atom. The predicted molar refractivity (Wildman–Crippen MR) is 69.4 cm³/mol. The summed E-state index contributed by atoms with van der Waals surface area (Å²) in [6.07, 6.45) is 1.10. The summed E-state index contributed by atoms with van der Waals surface area (Å²) in [6, 6.07) is 8.67. The van der Waals surface area contributed by atoms with Crippen LogP contribution in [0.1, 0.15) is 24.8 Å². The highest BCUT2D eigenvalue weighted by Crippen LogP contribution is 2.41. The van der Waals surface area contributed by atoms with Crippen LogP contribution in [-0.4, -0.2) is 25.7 Å². The molecule has 1 aromatic carbocycles. The van der Waals surface area contributed by atoms with E-state index in [9.17, 15) is 0 Å². The lowest BCUT2D eigenvalue weighted by molar-refractivity contribution is 0.340. The van der Waals surface area contributed by atoms with Crippen LogP contribution >= 0.6 is 0 Å². The molecule has 0 aromatic heterocycles. The molecular weight excluding hydrogens is 214 g/mol. The fraction of sp³-hybridized carbons (Fsp3) is 0.462. The molecular formula is C13H19N3O. The van der Waals surface area contributed by atoms with E-state index in [4.69, 9.17) is 10.5 Å². The molecule has 1 aromatic rings. The molecule has 0 saturated heterocycles. The third-order valence-corrected chi connectivity index (χ3v) is 2.96. The zero-order valence-electron chi connectivity index (χ0n) is 10.3. The average Bonchev–Trinajstić information content (AvgIpc) is 3.09. The Kier molecular flexibility index (Phi) is 3.52. The first-order valence-corrected chi connectivity index (χ1v) is 5.96. The van der Waals surface area contributed by atoms with Crippen LogP contribution in [0.25, 0.3) is 0 Å². The van der Waals surface area contributed by atoms with E-state index in [0.29, 0.717) is 24.5 Å². The van der Waals surface area contributed by atoms with Gasteiger partial charge in [-0.05, 0) is 31.0 Å². The molecule has 0 aliphatic heterocycles. The number of rotatable bonds is 4. The van der Waals surface area contributed by atoms with Gasteiger partial charge in [0, 0.05) is 19.0 Å². The molecule has 4 nitrogen and oxygen atoms in total. The number of guanidine groups is 1. The molecule has 1 fully saturated rings. The van der Waals surface area contributed by atoms with Crippen LogP contribution in [0, 0.1) is 0 Å². The molecule has 0 heterocycles. The average molecular weight is 233 g/mol. The van der Waals surface area contributed by atoms with Gasteiger partial charge in [-0.15, -0.1) is 0 Å². The first kappa shape index (κ1) is 11.8. The van der Waals surface area contributed by atoms with Crippen molar-refractivity contribution in [1.29, 1.82) is 0 Å². The highest BCUT2D eigenvalue weighted by atomic mass is 16.5. The maximum Gasteiger partial charge on any atom is 0.188 e. The second-order valence-electron chi connectivity index (χ2n) is 4.21. The number of benzene rings is 1. The SMILES string of the molecule is CCOc1cccc([C@@H]2C[C@H]2NC(N)=NC)c1. The third kappa shape index (κ3) is 2.90.